The second-order valence-electron chi connectivity index (χ2n) is 24.2. The molecule has 390 valence electrons. The fourth-order valence-electron chi connectivity index (χ4n) is 15.1. The van der Waals surface area contributed by atoms with Crippen LogP contribution in [-0.4, -0.2) is 0 Å². The van der Waals surface area contributed by atoms with E-state index in [0.717, 1.165) is 66.0 Å². The van der Waals surface area contributed by atoms with Crippen molar-refractivity contribution in [3.63, 3.8) is 0 Å². The van der Waals surface area contributed by atoms with Crippen LogP contribution in [0.1, 0.15) is 174 Å². The van der Waals surface area contributed by atoms with Crippen LogP contribution in [0.3, 0.4) is 0 Å². The normalized spacial score (nSPS) is 17.5. The molecule has 15 rings (SSSR count). The van der Waals surface area contributed by atoms with Gasteiger partial charge in [-0.05, 0) is 228 Å². The Morgan fingerprint density at radius 3 is 0.987 bits per heavy atom. The van der Waals surface area contributed by atoms with Crippen molar-refractivity contribution in [1.29, 1.82) is 0 Å². The second kappa shape index (κ2) is 20.5. The zero-order chi connectivity index (χ0) is 51.5. The molecule has 4 heteroatoms. The van der Waals surface area contributed by atoms with Crippen LogP contribution in [0.2, 0.25) is 0 Å². The quantitative estimate of drug-likeness (QED) is 0.137. The first-order valence-electron chi connectivity index (χ1n) is 30.3. The Morgan fingerprint density at radius 1 is 0.256 bits per heavy atom. The van der Waals surface area contributed by atoms with E-state index in [1.165, 1.54) is 184 Å². The van der Waals surface area contributed by atoms with E-state index in [1.54, 1.807) is 0 Å². The van der Waals surface area contributed by atoms with Gasteiger partial charge in [-0.15, -0.1) is 0 Å². The van der Waals surface area contributed by atoms with Gasteiger partial charge in [0.25, 0.3) is 0 Å². The molecule has 0 amide bonds. The second-order valence-corrected chi connectivity index (χ2v) is 24.2. The molecule has 0 unspecified atom stereocenters. The summed E-state index contributed by atoms with van der Waals surface area (Å²) in [5, 5.41) is 9.03. The minimum atomic E-state index is 0.673. The van der Waals surface area contributed by atoms with E-state index in [1.807, 2.05) is 0 Å². The van der Waals surface area contributed by atoms with Gasteiger partial charge >= 0.3 is 0 Å². The molecule has 9 aromatic carbocycles. The smallest absolute Gasteiger partial charge is 0.147 e. The molecule has 2 heterocycles. The van der Waals surface area contributed by atoms with E-state index in [2.05, 4.69) is 180 Å². The van der Waals surface area contributed by atoms with Crippen LogP contribution >= 0.6 is 0 Å². The molecule has 4 saturated carbocycles. The first kappa shape index (κ1) is 47.9. The van der Waals surface area contributed by atoms with E-state index in [4.69, 9.17) is 8.83 Å². The van der Waals surface area contributed by atoms with Crippen molar-refractivity contribution in [3.8, 4) is 0 Å². The predicted octanol–water partition coefficient (Wildman–Crippen LogP) is 22.9. The molecule has 11 aromatic rings. The average Bonchev–Trinajstić information content (AvgIpc) is 4.14. The van der Waals surface area contributed by atoms with Crippen molar-refractivity contribution in [2.75, 3.05) is 9.80 Å². The third-order valence-electron chi connectivity index (χ3n) is 19.4. The maximum Gasteiger partial charge on any atom is 0.147 e. The summed E-state index contributed by atoms with van der Waals surface area (Å²) in [4.78, 5) is 4.90. The summed E-state index contributed by atoms with van der Waals surface area (Å²) >= 11 is 0. The Labute approximate surface area is 460 Å². The van der Waals surface area contributed by atoms with Gasteiger partial charge < -0.3 is 18.6 Å². The molecule has 0 N–H and O–H groups in total. The summed E-state index contributed by atoms with van der Waals surface area (Å²) in [7, 11) is 0. The minimum Gasteiger partial charge on any atom is -0.456 e. The zero-order valence-electron chi connectivity index (χ0n) is 45.3. The van der Waals surface area contributed by atoms with Gasteiger partial charge in [-0.1, -0.05) is 138 Å². The molecule has 0 bridgehead atoms. The lowest BCUT2D eigenvalue weighted by molar-refractivity contribution is 0.443. The van der Waals surface area contributed by atoms with Gasteiger partial charge in [0.1, 0.15) is 22.3 Å². The number of nitrogens with zero attached hydrogens (tertiary/aromatic N) is 2. The van der Waals surface area contributed by atoms with Crippen LogP contribution < -0.4 is 9.80 Å². The van der Waals surface area contributed by atoms with Crippen molar-refractivity contribution in [1.82, 2.24) is 0 Å². The van der Waals surface area contributed by atoms with E-state index in [9.17, 15) is 0 Å². The molecular formula is C74H72N2O2. The molecule has 0 aliphatic heterocycles. The largest absolute Gasteiger partial charge is 0.456 e. The molecule has 4 nitrogen and oxygen atoms in total. The lowest BCUT2D eigenvalue weighted by atomic mass is 9.84. The Kier molecular flexibility index (Phi) is 12.6. The monoisotopic (exact) mass is 1020 g/mol. The van der Waals surface area contributed by atoms with Crippen LogP contribution in [0.15, 0.2) is 179 Å². The number of fused-ring (bicyclic) bond motifs is 9. The van der Waals surface area contributed by atoms with Crippen molar-refractivity contribution in [3.05, 3.63) is 192 Å². The SMILES string of the molecule is c1cc(N(c2ccc(C3CCCCC3)cc2)c2ccc3cc4c(cc3c2)oc2c4ccc3oc4cc5cc(N(c6ccc(C7CCCCC7)cc6)c6ccc(C7CCCCC7)cc6)ccc5cc4c32)ccc1C1CCCCC1. The van der Waals surface area contributed by atoms with Gasteiger partial charge in [0, 0.05) is 50.3 Å². The molecule has 4 fully saturated rings. The van der Waals surface area contributed by atoms with Gasteiger partial charge in [-0.3, -0.25) is 0 Å². The van der Waals surface area contributed by atoms with Gasteiger partial charge in [-0.2, -0.15) is 0 Å². The highest BCUT2D eigenvalue weighted by Crippen LogP contribution is 2.46. The van der Waals surface area contributed by atoms with E-state index in [-0.39, 0.29) is 0 Å². The number of hydrogen-bond donors (Lipinski definition) is 0. The van der Waals surface area contributed by atoms with Crippen LogP contribution in [0, 0.1) is 0 Å². The van der Waals surface area contributed by atoms with Gasteiger partial charge in [-0.25, -0.2) is 0 Å². The average molecular weight is 1020 g/mol. The molecule has 0 radical (unpaired) electrons. The van der Waals surface area contributed by atoms with E-state index < -0.39 is 0 Å². The molecule has 2 aromatic heterocycles. The standard InChI is InChI=1S/C74H72N2O2/c1-5-13-49(14-6-1)53-21-31-61(32-22-53)75(62-33-23-54(24-34-62)50-15-7-2-8-16-50)65-39-29-57-45-68-67-41-42-70-73(74(67)78-71(68)47-59(57)43-65)69-46-58-30-40-66(44-60(58)48-72(69)77-70)76(63-35-25-55(26-36-63)51-17-9-3-10-18-51)64-37-27-56(28-38-64)52-19-11-4-12-20-52/h21-52H,1-20H2. The molecule has 78 heavy (non-hydrogen) atoms. The maximum atomic E-state index is 7.03. The number of hydrogen-bond acceptors (Lipinski definition) is 4. The van der Waals surface area contributed by atoms with E-state index in [0.29, 0.717) is 23.7 Å². The van der Waals surface area contributed by atoms with Gasteiger partial charge in [0.15, 0.2) is 0 Å². The van der Waals surface area contributed by atoms with Crippen LogP contribution in [0.4, 0.5) is 34.1 Å². The molecule has 0 saturated heterocycles. The topological polar surface area (TPSA) is 32.8 Å². The van der Waals surface area contributed by atoms with Crippen LogP contribution in [-0.2, 0) is 0 Å². The highest BCUT2D eigenvalue weighted by Gasteiger charge is 2.24. The third-order valence-corrected chi connectivity index (χ3v) is 19.4. The maximum absolute atomic E-state index is 7.03. The molecule has 0 atom stereocenters. The summed E-state index contributed by atoms with van der Waals surface area (Å²) in [6, 6.07) is 65.4. The Balaban J connectivity index is 0.786. The summed E-state index contributed by atoms with van der Waals surface area (Å²) in [6.07, 6.45) is 26.7. The number of rotatable bonds is 10. The number of benzene rings is 9. The summed E-state index contributed by atoms with van der Waals surface area (Å²) < 4.78 is 13.8. The number of furan rings is 2. The van der Waals surface area contributed by atoms with Crippen molar-refractivity contribution in [2.45, 2.75) is 152 Å². The van der Waals surface area contributed by atoms with Crippen molar-refractivity contribution in [2.24, 2.45) is 0 Å². The lowest BCUT2D eigenvalue weighted by Crippen LogP contribution is -2.11. The highest BCUT2D eigenvalue weighted by atomic mass is 16.3. The molecule has 4 aliphatic carbocycles. The van der Waals surface area contributed by atoms with Gasteiger partial charge in [0.2, 0.25) is 0 Å². The molecule has 4 aliphatic rings. The Bertz CT molecular complexity index is 3810. The van der Waals surface area contributed by atoms with Gasteiger partial charge in [0.05, 0.1) is 5.39 Å². The fraction of sp³-hybridized carbons (Fsp3) is 0.324. The Hall–Kier alpha value is -7.30. The first-order valence-corrected chi connectivity index (χ1v) is 30.3. The molecular weight excluding hydrogens is 949 g/mol. The highest BCUT2D eigenvalue weighted by molar-refractivity contribution is 6.24. The van der Waals surface area contributed by atoms with Crippen LogP contribution in [0.5, 0.6) is 0 Å². The first-order chi connectivity index (χ1) is 38.6. The van der Waals surface area contributed by atoms with Crippen molar-refractivity contribution < 1.29 is 8.83 Å². The predicted molar refractivity (Wildman–Crippen MR) is 329 cm³/mol. The van der Waals surface area contributed by atoms with E-state index >= 15 is 0 Å². The zero-order valence-corrected chi connectivity index (χ0v) is 45.3. The Morgan fingerprint density at radius 2 is 0.603 bits per heavy atom. The fourth-order valence-corrected chi connectivity index (χ4v) is 15.1. The summed E-state index contributed by atoms with van der Waals surface area (Å²) in [5.41, 5.74) is 16.5. The molecule has 0 spiro atoms. The minimum absolute atomic E-state index is 0.673. The third kappa shape index (κ3) is 8.94. The summed E-state index contributed by atoms with van der Waals surface area (Å²) in [5.74, 6) is 2.69. The number of anilines is 6. The van der Waals surface area contributed by atoms with Crippen LogP contribution in [0.25, 0.3) is 65.4 Å². The lowest BCUT2D eigenvalue weighted by Gasteiger charge is -2.28. The summed E-state index contributed by atoms with van der Waals surface area (Å²) in [6.45, 7) is 0. The van der Waals surface area contributed by atoms with Crippen molar-refractivity contribution >= 4 is 99.5 Å².